The van der Waals surface area contributed by atoms with Crippen molar-refractivity contribution in [2.75, 3.05) is 20.2 Å². The summed E-state index contributed by atoms with van der Waals surface area (Å²) in [7, 11) is -2.31. The molecule has 1 aliphatic heterocycles. The number of aryl methyl sites for hydroxylation is 1. The van der Waals surface area contributed by atoms with Gasteiger partial charge in [0.05, 0.1) is 30.3 Å². The predicted molar refractivity (Wildman–Crippen MR) is 106 cm³/mol. The highest BCUT2D eigenvalue weighted by molar-refractivity contribution is 7.89. The van der Waals surface area contributed by atoms with Crippen LogP contribution in [0.1, 0.15) is 43.0 Å². The molecule has 1 saturated heterocycles. The molecule has 9 nitrogen and oxygen atoms in total. The lowest BCUT2D eigenvalue weighted by molar-refractivity contribution is -0.124. The van der Waals surface area contributed by atoms with Crippen molar-refractivity contribution in [2.45, 2.75) is 57.2 Å². The Balaban J connectivity index is 1.76. The van der Waals surface area contributed by atoms with Crippen molar-refractivity contribution in [1.82, 2.24) is 19.4 Å². The zero-order valence-corrected chi connectivity index (χ0v) is 18.0. The molecule has 1 aliphatic rings. The maximum absolute atomic E-state index is 13.1. The van der Waals surface area contributed by atoms with Crippen molar-refractivity contribution in [3.63, 3.8) is 0 Å². The van der Waals surface area contributed by atoms with Gasteiger partial charge in [0.15, 0.2) is 0 Å². The fourth-order valence-corrected chi connectivity index (χ4v) is 5.03. The predicted octanol–water partition coefficient (Wildman–Crippen LogP) is 1.77. The molecule has 2 atom stereocenters. The molecule has 3 rings (SSSR count). The van der Waals surface area contributed by atoms with E-state index >= 15 is 0 Å². The highest BCUT2D eigenvalue weighted by atomic mass is 32.2. The number of carbonyl (C=O) groups excluding carboxylic acids is 1. The largest absolute Gasteiger partial charge is 0.468 e. The van der Waals surface area contributed by atoms with Crippen LogP contribution in [0.5, 0.6) is 0 Å². The van der Waals surface area contributed by atoms with Crippen LogP contribution in [-0.4, -0.2) is 54.7 Å². The van der Waals surface area contributed by atoms with Crippen LogP contribution in [0.2, 0.25) is 0 Å². The Morgan fingerprint density at radius 1 is 1.45 bits per heavy atom. The van der Waals surface area contributed by atoms with Gasteiger partial charge < -0.3 is 14.5 Å². The molecular weight excluding hydrogens is 396 g/mol. The summed E-state index contributed by atoms with van der Waals surface area (Å²) in [4.78, 5) is 12.7. The number of furan rings is 1. The molecule has 0 aromatic carbocycles. The summed E-state index contributed by atoms with van der Waals surface area (Å²) in [5, 5.41) is 7.22. The summed E-state index contributed by atoms with van der Waals surface area (Å²) in [6, 6.07) is 2.78. The van der Waals surface area contributed by atoms with Crippen LogP contribution in [-0.2, 0) is 26.1 Å². The van der Waals surface area contributed by atoms with Gasteiger partial charge in [-0.1, -0.05) is 0 Å². The summed E-state index contributed by atoms with van der Waals surface area (Å²) in [6.45, 7) is 6.27. The van der Waals surface area contributed by atoms with E-state index in [1.165, 1.54) is 22.3 Å². The highest BCUT2D eigenvalue weighted by Gasteiger charge is 2.31. The molecule has 0 unspecified atom stereocenters. The van der Waals surface area contributed by atoms with Crippen LogP contribution < -0.4 is 5.32 Å². The van der Waals surface area contributed by atoms with Crippen LogP contribution in [0.4, 0.5) is 0 Å². The van der Waals surface area contributed by atoms with Crippen molar-refractivity contribution >= 4 is 15.9 Å². The second-order valence-corrected chi connectivity index (χ2v) is 9.32. The maximum Gasteiger partial charge on any atom is 0.246 e. The number of hydrogen-bond acceptors (Lipinski definition) is 6. The second-order valence-electron chi connectivity index (χ2n) is 7.34. The van der Waals surface area contributed by atoms with E-state index in [1.807, 2.05) is 0 Å². The maximum atomic E-state index is 13.1. The monoisotopic (exact) mass is 424 g/mol. The van der Waals surface area contributed by atoms with Gasteiger partial charge in [-0.2, -0.15) is 9.40 Å². The van der Waals surface area contributed by atoms with Gasteiger partial charge in [0.2, 0.25) is 15.9 Å². The van der Waals surface area contributed by atoms with Crippen LogP contribution in [0, 0.1) is 13.8 Å². The van der Waals surface area contributed by atoms with Gasteiger partial charge in [0.1, 0.15) is 16.7 Å². The molecule has 1 N–H and O–H groups in total. The Morgan fingerprint density at radius 3 is 2.83 bits per heavy atom. The number of aromatic nitrogens is 2. The van der Waals surface area contributed by atoms with E-state index in [0.717, 1.165) is 19.4 Å². The molecule has 1 fully saturated rings. The highest BCUT2D eigenvalue weighted by Crippen LogP contribution is 2.26. The zero-order chi connectivity index (χ0) is 21.2. The third-order valence-electron chi connectivity index (χ3n) is 5.16. The lowest BCUT2D eigenvalue weighted by atomic mass is 10.2. The molecule has 2 aromatic heterocycles. The van der Waals surface area contributed by atoms with Crippen LogP contribution >= 0.6 is 0 Å². The number of hydrogen-bond donors (Lipinski definition) is 1. The Labute approximate surface area is 171 Å². The van der Waals surface area contributed by atoms with Gasteiger partial charge in [0, 0.05) is 20.2 Å². The number of sulfonamides is 1. The second kappa shape index (κ2) is 8.68. The lowest BCUT2D eigenvalue weighted by Gasteiger charge is -2.18. The molecule has 1 amide bonds. The van der Waals surface area contributed by atoms with Crippen molar-refractivity contribution in [1.29, 1.82) is 0 Å². The third kappa shape index (κ3) is 4.54. The van der Waals surface area contributed by atoms with Gasteiger partial charge in [-0.3, -0.25) is 9.48 Å². The van der Waals surface area contributed by atoms with E-state index < -0.39 is 16.1 Å². The van der Waals surface area contributed by atoms with Gasteiger partial charge in [-0.15, -0.1) is 0 Å². The molecule has 3 heterocycles. The Hall–Kier alpha value is -2.17. The first-order chi connectivity index (χ1) is 13.7. The van der Waals surface area contributed by atoms with Crippen molar-refractivity contribution in [3.05, 3.63) is 35.5 Å². The average molecular weight is 425 g/mol. The topological polar surface area (TPSA) is 107 Å². The molecule has 0 radical (unpaired) electrons. The molecular formula is C19H28N4O5S. The molecule has 0 saturated carbocycles. The Bertz CT molecular complexity index is 946. The number of nitrogens with zero attached hydrogens (tertiary/aromatic N) is 3. The third-order valence-corrected chi connectivity index (χ3v) is 7.22. The average Bonchev–Trinajstić information content (AvgIpc) is 3.41. The number of carbonyl (C=O) groups is 1. The zero-order valence-electron chi connectivity index (χ0n) is 17.2. The summed E-state index contributed by atoms with van der Waals surface area (Å²) in [5.74, 6) is 0.319. The van der Waals surface area contributed by atoms with E-state index in [0.29, 0.717) is 23.7 Å². The number of rotatable bonds is 8. The molecule has 0 spiro atoms. The van der Waals surface area contributed by atoms with Gasteiger partial charge in [0.25, 0.3) is 0 Å². The van der Waals surface area contributed by atoms with Gasteiger partial charge in [-0.05, 0) is 45.7 Å². The fraction of sp³-hybridized carbons (Fsp3) is 0.579. The van der Waals surface area contributed by atoms with E-state index in [-0.39, 0.29) is 23.5 Å². The minimum atomic E-state index is -3.80. The molecule has 160 valence electrons. The standard InChI is InChI=1S/C19H28N4O5S/c1-13-18(29(25,26)22(4)12-17-8-6-10-28-17)14(2)23(21-13)15(3)19(24)20-11-16-7-5-9-27-16/h6,8,10,15-16H,5,7,9,11-12H2,1-4H3,(H,20,24)/t15-,16-/m1/s1. The molecule has 29 heavy (non-hydrogen) atoms. The summed E-state index contributed by atoms with van der Waals surface area (Å²) in [5.41, 5.74) is 0.779. The SMILES string of the molecule is Cc1nn([C@H](C)C(=O)NC[C@H]2CCCO2)c(C)c1S(=O)(=O)N(C)Cc1ccco1. The van der Waals surface area contributed by atoms with Crippen molar-refractivity contribution < 1.29 is 22.4 Å². The number of nitrogens with one attached hydrogen (secondary N) is 1. The van der Waals surface area contributed by atoms with E-state index in [2.05, 4.69) is 10.4 Å². The van der Waals surface area contributed by atoms with E-state index in [1.54, 1.807) is 32.9 Å². The first-order valence-electron chi connectivity index (χ1n) is 9.65. The summed E-state index contributed by atoms with van der Waals surface area (Å²) >= 11 is 0. The molecule has 2 aromatic rings. The van der Waals surface area contributed by atoms with Crippen molar-refractivity contribution in [2.24, 2.45) is 0 Å². The van der Waals surface area contributed by atoms with Gasteiger partial charge >= 0.3 is 0 Å². The first kappa shape index (κ1) is 21.5. The summed E-state index contributed by atoms with van der Waals surface area (Å²) in [6.07, 6.45) is 3.47. The Kier molecular flexibility index (Phi) is 6.45. The number of amides is 1. The van der Waals surface area contributed by atoms with E-state index in [9.17, 15) is 13.2 Å². The molecule has 0 bridgehead atoms. The van der Waals surface area contributed by atoms with Crippen LogP contribution in [0.3, 0.4) is 0 Å². The smallest absolute Gasteiger partial charge is 0.246 e. The molecule has 10 heteroatoms. The summed E-state index contributed by atoms with van der Waals surface area (Å²) < 4.78 is 39.7. The number of ether oxygens (including phenoxy) is 1. The van der Waals surface area contributed by atoms with E-state index in [4.69, 9.17) is 9.15 Å². The van der Waals surface area contributed by atoms with Crippen LogP contribution in [0.25, 0.3) is 0 Å². The Morgan fingerprint density at radius 2 is 2.21 bits per heavy atom. The lowest BCUT2D eigenvalue weighted by Crippen LogP contribution is -2.37. The molecule has 0 aliphatic carbocycles. The minimum Gasteiger partial charge on any atom is -0.468 e. The van der Waals surface area contributed by atoms with Crippen LogP contribution in [0.15, 0.2) is 27.7 Å². The van der Waals surface area contributed by atoms with Crippen molar-refractivity contribution in [3.8, 4) is 0 Å². The quantitative estimate of drug-likeness (QED) is 0.692. The normalized spacial score (nSPS) is 18.3. The first-order valence-corrected chi connectivity index (χ1v) is 11.1. The minimum absolute atomic E-state index is 0.0396. The van der Waals surface area contributed by atoms with Gasteiger partial charge in [-0.25, -0.2) is 8.42 Å². The fourth-order valence-electron chi connectivity index (χ4n) is 3.54.